The van der Waals surface area contributed by atoms with Gasteiger partial charge in [0.1, 0.15) is 5.82 Å². The predicted octanol–water partition coefficient (Wildman–Crippen LogP) is 1.47. The van der Waals surface area contributed by atoms with E-state index in [0.717, 1.165) is 56.6 Å². The third-order valence-electron chi connectivity index (χ3n) is 6.40. The molecule has 2 fully saturated rings. The number of rotatable bonds is 9. The van der Waals surface area contributed by atoms with E-state index >= 15 is 0 Å². The van der Waals surface area contributed by atoms with Crippen molar-refractivity contribution >= 4 is 5.91 Å². The molecule has 1 saturated heterocycles. The molecule has 1 saturated carbocycles. The van der Waals surface area contributed by atoms with Crippen molar-refractivity contribution in [1.29, 1.82) is 0 Å². The molecule has 0 radical (unpaired) electrons. The maximum absolute atomic E-state index is 12.4. The first-order valence-electron chi connectivity index (χ1n) is 11.4. The average molecular weight is 444 g/mol. The molecule has 1 aromatic carbocycles. The molecular weight excluding hydrogens is 410 g/mol. The summed E-state index contributed by atoms with van der Waals surface area (Å²) >= 11 is 0. The molecule has 0 spiro atoms. The van der Waals surface area contributed by atoms with Crippen molar-refractivity contribution < 1.29 is 14.3 Å². The fraction of sp³-hybridized carbons (Fsp3) is 0.609. The highest BCUT2D eigenvalue weighted by molar-refractivity contribution is 5.78. The number of hydrogen-bond donors (Lipinski definition) is 1. The van der Waals surface area contributed by atoms with Crippen LogP contribution >= 0.6 is 0 Å². The Labute approximate surface area is 188 Å². The Kier molecular flexibility index (Phi) is 6.83. The number of likely N-dealkylation sites (tertiary alicyclic amines) is 1. The van der Waals surface area contributed by atoms with Crippen LogP contribution < -0.4 is 20.5 Å². The van der Waals surface area contributed by atoms with Crippen molar-refractivity contribution in [1.82, 2.24) is 24.6 Å². The second kappa shape index (κ2) is 9.77. The first kappa shape index (κ1) is 22.4. The lowest BCUT2D eigenvalue weighted by Gasteiger charge is -2.31. The molecule has 32 heavy (non-hydrogen) atoms. The minimum Gasteiger partial charge on any atom is -0.493 e. The van der Waals surface area contributed by atoms with Crippen molar-refractivity contribution in [3.8, 4) is 11.5 Å². The number of nitrogens with zero attached hydrogens (tertiary/aromatic N) is 4. The second-order valence-corrected chi connectivity index (χ2v) is 8.71. The van der Waals surface area contributed by atoms with Crippen LogP contribution in [0.25, 0.3) is 0 Å². The Hall–Kier alpha value is -2.81. The summed E-state index contributed by atoms with van der Waals surface area (Å²) in [5.41, 5.74) is 1.08. The molecule has 2 aromatic rings. The normalized spacial score (nSPS) is 17.3. The molecule has 1 aliphatic carbocycles. The maximum atomic E-state index is 12.4. The van der Waals surface area contributed by atoms with Gasteiger partial charge in [0.2, 0.25) is 5.91 Å². The van der Waals surface area contributed by atoms with Crippen molar-refractivity contribution in [2.75, 3.05) is 40.4 Å². The van der Waals surface area contributed by atoms with Gasteiger partial charge in [-0.15, -0.1) is 0 Å². The number of aromatic nitrogens is 3. The Morgan fingerprint density at radius 2 is 1.84 bits per heavy atom. The number of carbonyl (C=O) groups excluding carboxylic acids is 1. The summed E-state index contributed by atoms with van der Waals surface area (Å²) < 4.78 is 14.0. The van der Waals surface area contributed by atoms with E-state index in [2.05, 4.69) is 15.3 Å². The van der Waals surface area contributed by atoms with Crippen molar-refractivity contribution in [2.45, 2.75) is 44.1 Å². The molecule has 174 valence electrons. The second-order valence-electron chi connectivity index (χ2n) is 8.71. The van der Waals surface area contributed by atoms with E-state index in [1.807, 2.05) is 22.8 Å². The van der Waals surface area contributed by atoms with Gasteiger partial charge in [-0.2, -0.15) is 5.10 Å². The number of piperidine rings is 1. The van der Waals surface area contributed by atoms with Crippen LogP contribution in [0.5, 0.6) is 11.5 Å². The maximum Gasteiger partial charge on any atom is 0.345 e. The number of nitrogens with one attached hydrogen (secondary N) is 1. The van der Waals surface area contributed by atoms with Gasteiger partial charge in [-0.05, 0) is 62.9 Å². The molecule has 1 amide bonds. The Morgan fingerprint density at radius 3 is 2.50 bits per heavy atom. The number of aryl methyl sites for hydroxylation is 1. The zero-order valence-electron chi connectivity index (χ0n) is 19.2. The molecule has 0 bridgehead atoms. The van der Waals surface area contributed by atoms with Crippen molar-refractivity contribution in [3.63, 3.8) is 0 Å². The van der Waals surface area contributed by atoms with Gasteiger partial charge in [0, 0.05) is 25.6 Å². The summed E-state index contributed by atoms with van der Waals surface area (Å²) in [6.07, 6.45) is 4.71. The van der Waals surface area contributed by atoms with E-state index in [1.54, 1.807) is 21.3 Å². The molecule has 4 rings (SSSR count). The summed E-state index contributed by atoms with van der Waals surface area (Å²) in [5, 5.41) is 7.54. The van der Waals surface area contributed by atoms with E-state index in [-0.39, 0.29) is 17.5 Å². The average Bonchev–Trinajstić information content (AvgIpc) is 3.59. The number of ether oxygens (including phenoxy) is 2. The Bertz CT molecular complexity index is 1000. The van der Waals surface area contributed by atoms with Gasteiger partial charge >= 0.3 is 5.69 Å². The number of methoxy groups -OCH3 is 2. The number of benzene rings is 1. The van der Waals surface area contributed by atoms with Crippen LogP contribution in [-0.4, -0.2) is 65.6 Å². The van der Waals surface area contributed by atoms with Crippen LogP contribution in [0, 0.1) is 0 Å². The van der Waals surface area contributed by atoms with Gasteiger partial charge < -0.3 is 14.8 Å². The molecule has 1 aliphatic heterocycles. The number of carbonyl (C=O) groups is 1. The van der Waals surface area contributed by atoms with Gasteiger partial charge in [-0.25, -0.2) is 9.48 Å². The highest BCUT2D eigenvalue weighted by Crippen LogP contribution is 2.37. The van der Waals surface area contributed by atoms with Gasteiger partial charge in [0.05, 0.1) is 20.8 Å². The van der Waals surface area contributed by atoms with Crippen LogP contribution in [-0.2, 0) is 18.3 Å². The third kappa shape index (κ3) is 4.98. The summed E-state index contributed by atoms with van der Waals surface area (Å²) in [7, 11) is 4.96. The first-order valence-corrected chi connectivity index (χ1v) is 11.4. The van der Waals surface area contributed by atoms with E-state index < -0.39 is 0 Å². The SMILES string of the molecule is COc1ccc(CCNC(=O)CN2CCC(c3nn(C)c(=O)n3C3CC3)CC2)cc1OC. The highest BCUT2D eigenvalue weighted by Gasteiger charge is 2.33. The Morgan fingerprint density at radius 1 is 1.12 bits per heavy atom. The minimum absolute atomic E-state index is 0.00112. The summed E-state index contributed by atoms with van der Waals surface area (Å²) in [4.78, 5) is 27.0. The van der Waals surface area contributed by atoms with Gasteiger partial charge in [0.15, 0.2) is 11.5 Å². The van der Waals surface area contributed by atoms with Crippen LogP contribution in [0.2, 0.25) is 0 Å². The quantitative estimate of drug-likeness (QED) is 0.631. The first-order chi connectivity index (χ1) is 15.5. The van der Waals surface area contributed by atoms with Gasteiger partial charge in [-0.3, -0.25) is 14.3 Å². The highest BCUT2D eigenvalue weighted by atomic mass is 16.5. The van der Waals surface area contributed by atoms with E-state index in [9.17, 15) is 9.59 Å². The Balaban J connectivity index is 1.22. The monoisotopic (exact) mass is 443 g/mol. The van der Waals surface area contributed by atoms with Crippen molar-refractivity contribution in [2.24, 2.45) is 7.05 Å². The topological polar surface area (TPSA) is 90.6 Å². The molecule has 2 heterocycles. The van der Waals surface area contributed by atoms with E-state index in [4.69, 9.17) is 9.47 Å². The lowest BCUT2D eigenvalue weighted by Crippen LogP contribution is -2.42. The lowest BCUT2D eigenvalue weighted by atomic mass is 9.96. The zero-order valence-corrected chi connectivity index (χ0v) is 19.2. The molecule has 1 aromatic heterocycles. The predicted molar refractivity (Wildman–Crippen MR) is 120 cm³/mol. The van der Waals surface area contributed by atoms with E-state index in [1.165, 1.54) is 4.68 Å². The number of amides is 1. The van der Waals surface area contributed by atoms with Gasteiger partial charge in [0.25, 0.3) is 0 Å². The molecular formula is C23H33N5O4. The zero-order chi connectivity index (χ0) is 22.7. The smallest absolute Gasteiger partial charge is 0.345 e. The van der Waals surface area contributed by atoms with Crippen LogP contribution in [0.3, 0.4) is 0 Å². The number of hydrogen-bond acceptors (Lipinski definition) is 6. The summed E-state index contributed by atoms with van der Waals surface area (Å²) in [6.45, 7) is 2.65. The third-order valence-corrected chi connectivity index (χ3v) is 6.40. The van der Waals surface area contributed by atoms with Gasteiger partial charge in [-0.1, -0.05) is 6.07 Å². The van der Waals surface area contributed by atoms with Crippen molar-refractivity contribution in [3.05, 3.63) is 40.1 Å². The fourth-order valence-corrected chi connectivity index (χ4v) is 4.44. The molecule has 9 nitrogen and oxygen atoms in total. The molecule has 1 N–H and O–H groups in total. The van der Waals surface area contributed by atoms with Crippen LogP contribution in [0.15, 0.2) is 23.0 Å². The lowest BCUT2D eigenvalue weighted by molar-refractivity contribution is -0.122. The molecule has 9 heteroatoms. The molecule has 0 unspecified atom stereocenters. The van der Waals surface area contributed by atoms with Crippen LogP contribution in [0.4, 0.5) is 0 Å². The largest absolute Gasteiger partial charge is 0.493 e. The molecule has 0 atom stereocenters. The standard InChI is InChI=1S/C23H33N5O4/c1-26-23(30)28(18-5-6-18)22(25-26)17-9-12-27(13-10-17)15-21(29)24-11-8-16-4-7-19(31-2)20(14-16)32-3/h4,7,14,17-18H,5-6,8-13,15H2,1-3H3,(H,24,29). The fourth-order valence-electron chi connectivity index (χ4n) is 4.44. The molecule has 2 aliphatic rings. The summed E-state index contributed by atoms with van der Waals surface area (Å²) in [6, 6.07) is 6.14. The minimum atomic E-state index is -0.00112. The van der Waals surface area contributed by atoms with E-state index in [0.29, 0.717) is 30.6 Å². The summed E-state index contributed by atoms with van der Waals surface area (Å²) in [5.74, 6) is 2.65. The van der Waals surface area contributed by atoms with Crippen LogP contribution in [0.1, 0.15) is 49.0 Å².